The Bertz CT molecular complexity index is 181. The lowest BCUT2D eigenvalue weighted by atomic mass is 10.1. The van der Waals surface area contributed by atoms with E-state index in [0.717, 1.165) is 31.7 Å². The average Bonchev–Trinajstić information content (AvgIpc) is 2.28. The molecule has 102 valence electrons. The minimum atomic E-state index is -0.258. The quantitative estimate of drug-likeness (QED) is 0.586. The van der Waals surface area contributed by atoms with Gasteiger partial charge in [-0.15, -0.1) is 0 Å². The van der Waals surface area contributed by atoms with Gasteiger partial charge in [0.25, 0.3) is 0 Å². The fourth-order valence-electron chi connectivity index (χ4n) is 1.61. The topological polar surface area (TPSA) is 38.3 Å². The van der Waals surface area contributed by atoms with E-state index in [1.807, 2.05) is 0 Å². The Morgan fingerprint density at radius 1 is 1.12 bits per heavy atom. The van der Waals surface area contributed by atoms with E-state index in [2.05, 4.69) is 26.1 Å². The summed E-state index contributed by atoms with van der Waals surface area (Å²) in [5.74, 6) is 0.738. The van der Waals surface area contributed by atoms with Crippen LogP contribution in [0.2, 0.25) is 0 Å². The van der Waals surface area contributed by atoms with Crippen molar-refractivity contribution in [3.63, 3.8) is 0 Å². The summed E-state index contributed by atoms with van der Waals surface area (Å²) in [7, 11) is 0. The Hall–Kier alpha value is -0.730. The number of amides is 1. The van der Waals surface area contributed by atoms with Crippen LogP contribution >= 0.6 is 0 Å². The molecule has 3 heteroatoms. The second kappa shape index (κ2) is 11.7. The van der Waals surface area contributed by atoms with E-state index in [9.17, 15) is 4.79 Å². The summed E-state index contributed by atoms with van der Waals surface area (Å²) in [5, 5.41) is 2.78. The number of unbranched alkanes of at least 4 members (excludes halogenated alkanes) is 4. The number of alkyl carbamates (subject to hydrolysis) is 1. The summed E-state index contributed by atoms with van der Waals surface area (Å²) in [6.07, 6.45) is 7.77. The third kappa shape index (κ3) is 13.2. The fourth-order valence-corrected chi connectivity index (χ4v) is 1.61. The van der Waals surface area contributed by atoms with Gasteiger partial charge in [-0.2, -0.15) is 0 Å². The van der Waals surface area contributed by atoms with E-state index < -0.39 is 0 Å². The number of carbonyl (C=O) groups is 1. The van der Waals surface area contributed by atoms with E-state index >= 15 is 0 Å². The first kappa shape index (κ1) is 16.3. The maximum atomic E-state index is 11.2. The van der Waals surface area contributed by atoms with Crippen molar-refractivity contribution < 1.29 is 9.53 Å². The lowest BCUT2D eigenvalue weighted by Gasteiger charge is -2.07. The predicted octanol–water partition coefficient (Wildman–Crippen LogP) is 4.12. The van der Waals surface area contributed by atoms with Gasteiger partial charge in [-0.3, -0.25) is 0 Å². The number of hydrogen-bond acceptors (Lipinski definition) is 2. The van der Waals surface area contributed by atoms with Crippen LogP contribution < -0.4 is 5.32 Å². The Morgan fingerprint density at radius 2 is 1.88 bits per heavy atom. The van der Waals surface area contributed by atoms with E-state index in [1.54, 1.807) is 0 Å². The first-order valence-electron chi connectivity index (χ1n) is 7.07. The summed E-state index contributed by atoms with van der Waals surface area (Å²) in [6.45, 7) is 7.89. The van der Waals surface area contributed by atoms with Gasteiger partial charge < -0.3 is 10.1 Å². The molecule has 3 nitrogen and oxygen atoms in total. The van der Waals surface area contributed by atoms with Crippen LogP contribution in [0.4, 0.5) is 4.79 Å². The molecule has 0 saturated heterocycles. The lowest BCUT2D eigenvalue weighted by Crippen LogP contribution is -2.25. The molecule has 0 aliphatic carbocycles. The van der Waals surface area contributed by atoms with Crippen LogP contribution in [0.1, 0.15) is 65.7 Å². The molecule has 0 aromatic heterocycles. The molecule has 0 unspecified atom stereocenters. The first-order chi connectivity index (χ1) is 8.16. The maximum absolute atomic E-state index is 11.2. The highest BCUT2D eigenvalue weighted by atomic mass is 16.5. The molecule has 0 aliphatic heterocycles. The molecule has 0 rings (SSSR count). The van der Waals surface area contributed by atoms with Gasteiger partial charge in [0.05, 0.1) is 6.61 Å². The Balaban J connectivity index is 3.18. The summed E-state index contributed by atoms with van der Waals surface area (Å²) in [5.41, 5.74) is 0. The molecule has 0 saturated carbocycles. The van der Waals surface area contributed by atoms with Gasteiger partial charge in [0.15, 0.2) is 0 Å². The molecule has 0 spiro atoms. The molecule has 0 aromatic rings. The van der Waals surface area contributed by atoms with E-state index in [0.29, 0.717) is 6.61 Å². The Morgan fingerprint density at radius 3 is 2.53 bits per heavy atom. The number of hydrogen-bond donors (Lipinski definition) is 1. The first-order valence-corrected chi connectivity index (χ1v) is 7.07. The van der Waals surface area contributed by atoms with Crippen molar-refractivity contribution in [2.45, 2.75) is 65.7 Å². The van der Waals surface area contributed by atoms with Crippen LogP contribution in [0, 0.1) is 5.92 Å². The van der Waals surface area contributed by atoms with Crippen LogP contribution in [0.25, 0.3) is 0 Å². The monoisotopic (exact) mass is 243 g/mol. The molecule has 0 aliphatic rings. The normalized spacial score (nSPS) is 10.6. The Kier molecular flexibility index (Phi) is 11.2. The van der Waals surface area contributed by atoms with Gasteiger partial charge in [-0.05, 0) is 25.2 Å². The highest BCUT2D eigenvalue weighted by molar-refractivity contribution is 5.66. The largest absolute Gasteiger partial charge is 0.450 e. The van der Waals surface area contributed by atoms with Gasteiger partial charge >= 0.3 is 6.09 Å². The molecule has 0 aromatic carbocycles. The standard InChI is InChI=1S/C14H29NO2/c1-4-5-6-8-11-15-14(16)17-12-9-7-10-13(2)3/h13H,4-12H2,1-3H3,(H,15,16). The van der Waals surface area contributed by atoms with Crippen molar-refractivity contribution in [3.8, 4) is 0 Å². The molecule has 0 atom stereocenters. The van der Waals surface area contributed by atoms with Gasteiger partial charge in [-0.25, -0.2) is 4.79 Å². The van der Waals surface area contributed by atoms with Gasteiger partial charge in [0.1, 0.15) is 0 Å². The maximum Gasteiger partial charge on any atom is 0.407 e. The molecule has 0 bridgehead atoms. The summed E-state index contributed by atoms with van der Waals surface area (Å²) in [6, 6.07) is 0. The van der Waals surface area contributed by atoms with Crippen molar-refractivity contribution in [1.29, 1.82) is 0 Å². The molecule has 1 N–H and O–H groups in total. The van der Waals surface area contributed by atoms with E-state index in [1.165, 1.54) is 25.7 Å². The molecule has 0 heterocycles. The van der Waals surface area contributed by atoms with Crippen LogP contribution in [0.5, 0.6) is 0 Å². The van der Waals surface area contributed by atoms with Crippen LogP contribution in [-0.4, -0.2) is 19.2 Å². The van der Waals surface area contributed by atoms with Crippen LogP contribution in [0.15, 0.2) is 0 Å². The highest BCUT2D eigenvalue weighted by Crippen LogP contribution is 2.05. The van der Waals surface area contributed by atoms with Crippen molar-refractivity contribution >= 4 is 6.09 Å². The number of carbonyl (C=O) groups excluding carboxylic acids is 1. The number of ether oxygens (including phenoxy) is 1. The molecule has 1 amide bonds. The molecular formula is C14H29NO2. The zero-order chi connectivity index (χ0) is 12.9. The van der Waals surface area contributed by atoms with Crippen molar-refractivity contribution in [1.82, 2.24) is 5.32 Å². The average molecular weight is 243 g/mol. The minimum absolute atomic E-state index is 0.258. The van der Waals surface area contributed by atoms with Crippen molar-refractivity contribution in [3.05, 3.63) is 0 Å². The number of nitrogens with one attached hydrogen (secondary N) is 1. The zero-order valence-electron chi connectivity index (χ0n) is 11.8. The second-order valence-electron chi connectivity index (χ2n) is 5.01. The molecule has 0 fully saturated rings. The molecule has 17 heavy (non-hydrogen) atoms. The lowest BCUT2D eigenvalue weighted by molar-refractivity contribution is 0.143. The highest BCUT2D eigenvalue weighted by Gasteiger charge is 2.00. The van der Waals surface area contributed by atoms with E-state index in [-0.39, 0.29) is 6.09 Å². The molecule has 0 radical (unpaired) electrons. The minimum Gasteiger partial charge on any atom is -0.450 e. The number of rotatable bonds is 10. The smallest absolute Gasteiger partial charge is 0.407 e. The van der Waals surface area contributed by atoms with Crippen LogP contribution in [-0.2, 0) is 4.74 Å². The van der Waals surface area contributed by atoms with Crippen molar-refractivity contribution in [2.24, 2.45) is 5.92 Å². The Labute approximate surface area is 106 Å². The van der Waals surface area contributed by atoms with Gasteiger partial charge in [0, 0.05) is 6.54 Å². The summed E-state index contributed by atoms with van der Waals surface area (Å²) < 4.78 is 5.08. The zero-order valence-corrected chi connectivity index (χ0v) is 11.8. The summed E-state index contributed by atoms with van der Waals surface area (Å²) >= 11 is 0. The van der Waals surface area contributed by atoms with Gasteiger partial charge in [-0.1, -0.05) is 46.5 Å². The van der Waals surface area contributed by atoms with Gasteiger partial charge in [0.2, 0.25) is 0 Å². The SMILES string of the molecule is CCCCCCNC(=O)OCCCCC(C)C. The van der Waals surface area contributed by atoms with Crippen LogP contribution in [0.3, 0.4) is 0 Å². The predicted molar refractivity (Wildman–Crippen MR) is 72.2 cm³/mol. The van der Waals surface area contributed by atoms with E-state index in [4.69, 9.17) is 4.74 Å². The fraction of sp³-hybridized carbons (Fsp3) is 0.929. The second-order valence-corrected chi connectivity index (χ2v) is 5.01. The molecular weight excluding hydrogens is 214 g/mol. The summed E-state index contributed by atoms with van der Waals surface area (Å²) in [4.78, 5) is 11.2. The van der Waals surface area contributed by atoms with Crippen molar-refractivity contribution in [2.75, 3.05) is 13.2 Å². The third-order valence-corrected chi connectivity index (χ3v) is 2.71. The third-order valence-electron chi connectivity index (χ3n) is 2.71.